The van der Waals surface area contributed by atoms with E-state index in [0.717, 1.165) is 32.9 Å². The number of rotatable bonds is 3. The van der Waals surface area contributed by atoms with Crippen LogP contribution in [0.3, 0.4) is 0 Å². The average Bonchev–Trinajstić information content (AvgIpc) is 2.94. The predicted molar refractivity (Wildman–Crippen MR) is 87.1 cm³/mol. The van der Waals surface area contributed by atoms with Crippen molar-refractivity contribution in [1.29, 1.82) is 0 Å². The van der Waals surface area contributed by atoms with Crippen molar-refractivity contribution in [3.05, 3.63) is 64.4 Å². The number of aromatic nitrogens is 3. The van der Waals surface area contributed by atoms with Gasteiger partial charge in [0.05, 0.1) is 6.54 Å². The van der Waals surface area contributed by atoms with E-state index in [2.05, 4.69) is 39.1 Å². The molecule has 0 aliphatic heterocycles. The standard InChI is InChI=1S/C16H15BrN4/c1-11-6-5-9-13(15(11)17)16-20-19-14(10-18)21(16)12-7-3-2-4-8-12/h2-9H,10,18H2,1H3. The summed E-state index contributed by atoms with van der Waals surface area (Å²) in [5.74, 6) is 1.53. The third-order valence-corrected chi connectivity index (χ3v) is 4.41. The normalized spacial score (nSPS) is 10.8. The maximum atomic E-state index is 5.81. The second-order valence-electron chi connectivity index (χ2n) is 4.75. The average molecular weight is 343 g/mol. The number of aryl methyl sites for hydroxylation is 1. The van der Waals surface area contributed by atoms with Crippen molar-refractivity contribution in [3.63, 3.8) is 0 Å². The highest BCUT2D eigenvalue weighted by Crippen LogP contribution is 2.31. The van der Waals surface area contributed by atoms with Gasteiger partial charge in [-0.3, -0.25) is 4.57 Å². The number of hydrogen-bond donors (Lipinski definition) is 1. The quantitative estimate of drug-likeness (QED) is 0.792. The SMILES string of the molecule is Cc1cccc(-c2nnc(CN)n2-c2ccccc2)c1Br. The zero-order chi connectivity index (χ0) is 14.8. The Bertz CT molecular complexity index is 765. The minimum Gasteiger partial charge on any atom is -0.324 e. The van der Waals surface area contributed by atoms with Crippen LogP contribution in [-0.2, 0) is 6.54 Å². The first-order valence-electron chi connectivity index (χ1n) is 6.67. The van der Waals surface area contributed by atoms with Crippen molar-refractivity contribution < 1.29 is 0 Å². The second-order valence-corrected chi connectivity index (χ2v) is 5.54. The molecule has 1 heterocycles. The summed E-state index contributed by atoms with van der Waals surface area (Å²) in [4.78, 5) is 0. The molecule has 21 heavy (non-hydrogen) atoms. The van der Waals surface area contributed by atoms with Gasteiger partial charge in [-0.1, -0.05) is 36.4 Å². The Morgan fingerprint density at radius 2 is 1.81 bits per heavy atom. The highest BCUT2D eigenvalue weighted by Gasteiger charge is 2.17. The van der Waals surface area contributed by atoms with Crippen LogP contribution in [0.4, 0.5) is 0 Å². The first kappa shape index (κ1) is 14.0. The number of hydrogen-bond acceptors (Lipinski definition) is 3. The molecule has 0 bridgehead atoms. The number of nitrogens with zero attached hydrogens (tertiary/aromatic N) is 3. The van der Waals surface area contributed by atoms with Gasteiger partial charge in [0.15, 0.2) is 11.6 Å². The van der Waals surface area contributed by atoms with Gasteiger partial charge in [0.1, 0.15) is 0 Å². The van der Waals surface area contributed by atoms with E-state index in [0.29, 0.717) is 6.54 Å². The van der Waals surface area contributed by atoms with E-state index in [4.69, 9.17) is 5.73 Å². The lowest BCUT2D eigenvalue weighted by Gasteiger charge is -2.11. The van der Waals surface area contributed by atoms with E-state index in [1.807, 2.05) is 47.0 Å². The van der Waals surface area contributed by atoms with Crippen molar-refractivity contribution in [3.8, 4) is 17.1 Å². The number of halogens is 1. The third kappa shape index (κ3) is 2.50. The van der Waals surface area contributed by atoms with Gasteiger partial charge in [-0.2, -0.15) is 0 Å². The highest BCUT2D eigenvalue weighted by atomic mass is 79.9. The molecule has 0 atom stereocenters. The van der Waals surface area contributed by atoms with Gasteiger partial charge in [-0.05, 0) is 40.5 Å². The minimum absolute atomic E-state index is 0.339. The Morgan fingerprint density at radius 3 is 2.52 bits per heavy atom. The summed E-state index contributed by atoms with van der Waals surface area (Å²) in [5.41, 5.74) is 8.98. The van der Waals surface area contributed by atoms with Crippen LogP contribution in [0.2, 0.25) is 0 Å². The third-order valence-electron chi connectivity index (χ3n) is 3.36. The smallest absolute Gasteiger partial charge is 0.169 e. The predicted octanol–water partition coefficient (Wildman–Crippen LogP) is 3.46. The molecular weight excluding hydrogens is 328 g/mol. The Balaban J connectivity index is 2.25. The highest BCUT2D eigenvalue weighted by molar-refractivity contribution is 9.10. The second kappa shape index (κ2) is 5.79. The molecule has 0 radical (unpaired) electrons. The topological polar surface area (TPSA) is 56.7 Å². The van der Waals surface area contributed by atoms with Crippen molar-refractivity contribution in [2.45, 2.75) is 13.5 Å². The fraction of sp³-hybridized carbons (Fsp3) is 0.125. The summed E-state index contributed by atoms with van der Waals surface area (Å²) in [5, 5.41) is 8.56. The summed E-state index contributed by atoms with van der Waals surface area (Å²) in [6.07, 6.45) is 0. The van der Waals surface area contributed by atoms with Crippen LogP contribution in [0.15, 0.2) is 53.0 Å². The number of para-hydroxylation sites is 1. The van der Waals surface area contributed by atoms with E-state index in [9.17, 15) is 0 Å². The number of nitrogens with two attached hydrogens (primary N) is 1. The van der Waals surface area contributed by atoms with E-state index >= 15 is 0 Å². The lowest BCUT2D eigenvalue weighted by Crippen LogP contribution is -2.08. The van der Waals surface area contributed by atoms with Crippen LogP contribution >= 0.6 is 15.9 Å². The Labute approximate surface area is 131 Å². The molecule has 0 amide bonds. The summed E-state index contributed by atoms with van der Waals surface area (Å²) in [7, 11) is 0. The summed E-state index contributed by atoms with van der Waals surface area (Å²) >= 11 is 3.64. The largest absolute Gasteiger partial charge is 0.324 e. The van der Waals surface area contributed by atoms with Crippen LogP contribution in [0.1, 0.15) is 11.4 Å². The Kier molecular flexibility index (Phi) is 3.86. The van der Waals surface area contributed by atoms with E-state index in [-0.39, 0.29) is 0 Å². The molecule has 0 unspecified atom stereocenters. The van der Waals surface area contributed by atoms with Crippen molar-refractivity contribution in [2.24, 2.45) is 5.73 Å². The molecule has 5 heteroatoms. The van der Waals surface area contributed by atoms with Gasteiger partial charge in [-0.25, -0.2) is 0 Å². The van der Waals surface area contributed by atoms with E-state index < -0.39 is 0 Å². The molecular formula is C16H15BrN4. The summed E-state index contributed by atoms with van der Waals surface area (Å²) in [6, 6.07) is 16.1. The molecule has 0 spiro atoms. The molecule has 0 saturated carbocycles. The molecule has 0 aliphatic carbocycles. The molecule has 0 fully saturated rings. The molecule has 3 aromatic rings. The monoisotopic (exact) mass is 342 g/mol. The molecule has 0 aliphatic rings. The maximum absolute atomic E-state index is 5.81. The summed E-state index contributed by atoms with van der Waals surface area (Å²) < 4.78 is 3.03. The van der Waals surface area contributed by atoms with Gasteiger partial charge in [0.25, 0.3) is 0 Å². The lowest BCUT2D eigenvalue weighted by molar-refractivity contribution is 0.861. The molecule has 0 saturated heterocycles. The zero-order valence-electron chi connectivity index (χ0n) is 11.6. The van der Waals surface area contributed by atoms with Crippen LogP contribution in [0.25, 0.3) is 17.1 Å². The fourth-order valence-electron chi connectivity index (χ4n) is 2.29. The minimum atomic E-state index is 0.339. The van der Waals surface area contributed by atoms with Crippen LogP contribution in [0.5, 0.6) is 0 Å². The van der Waals surface area contributed by atoms with Crippen molar-refractivity contribution in [1.82, 2.24) is 14.8 Å². The lowest BCUT2D eigenvalue weighted by atomic mass is 10.1. The van der Waals surface area contributed by atoms with E-state index in [1.54, 1.807) is 0 Å². The molecule has 106 valence electrons. The van der Waals surface area contributed by atoms with Gasteiger partial charge in [-0.15, -0.1) is 10.2 Å². The van der Waals surface area contributed by atoms with E-state index in [1.165, 1.54) is 0 Å². The van der Waals surface area contributed by atoms with Gasteiger partial charge < -0.3 is 5.73 Å². The molecule has 3 rings (SSSR count). The summed E-state index contributed by atoms with van der Waals surface area (Å²) in [6.45, 7) is 2.39. The number of benzene rings is 2. The van der Waals surface area contributed by atoms with Crippen LogP contribution in [0, 0.1) is 6.92 Å². The first-order valence-corrected chi connectivity index (χ1v) is 7.47. The molecule has 2 aromatic carbocycles. The first-order chi connectivity index (χ1) is 10.2. The molecule has 2 N–H and O–H groups in total. The molecule has 1 aromatic heterocycles. The van der Waals surface area contributed by atoms with Crippen LogP contribution < -0.4 is 5.73 Å². The Hall–Kier alpha value is -1.98. The van der Waals surface area contributed by atoms with Gasteiger partial charge in [0, 0.05) is 15.7 Å². The Morgan fingerprint density at radius 1 is 1.05 bits per heavy atom. The van der Waals surface area contributed by atoms with Crippen LogP contribution in [-0.4, -0.2) is 14.8 Å². The maximum Gasteiger partial charge on any atom is 0.169 e. The zero-order valence-corrected chi connectivity index (χ0v) is 13.2. The van der Waals surface area contributed by atoms with Gasteiger partial charge >= 0.3 is 0 Å². The molecule has 4 nitrogen and oxygen atoms in total. The fourth-order valence-corrected chi connectivity index (χ4v) is 2.73. The van der Waals surface area contributed by atoms with Crippen molar-refractivity contribution >= 4 is 15.9 Å². The van der Waals surface area contributed by atoms with Gasteiger partial charge in [0.2, 0.25) is 0 Å². The van der Waals surface area contributed by atoms with Crippen molar-refractivity contribution in [2.75, 3.05) is 0 Å².